The van der Waals surface area contributed by atoms with E-state index < -0.39 is 29.0 Å². The number of ether oxygens (including phenoxy) is 1. The van der Waals surface area contributed by atoms with E-state index in [0.29, 0.717) is 4.90 Å². The van der Waals surface area contributed by atoms with E-state index in [9.17, 15) is 18.9 Å². The van der Waals surface area contributed by atoms with Crippen molar-refractivity contribution in [1.82, 2.24) is 0 Å². The molecule has 0 unspecified atom stereocenters. The minimum atomic E-state index is -1.44. The van der Waals surface area contributed by atoms with E-state index in [1.165, 1.54) is 7.11 Å². The number of aliphatic hydroxyl groups is 1. The van der Waals surface area contributed by atoms with Gasteiger partial charge in [-0.3, -0.25) is 13.8 Å². The second-order valence-electron chi connectivity index (χ2n) is 4.16. The van der Waals surface area contributed by atoms with E-state index in [-0.39, 0.29) is 11.5 Å². The lowest BCUT2D eigenvalue weighted by Crippen LogP contribution is -2.09. The number of aryl methyl sites for hydroxylation is 1. The first-order valence-corrected chi connectivity index (χ1v) is 7.18. The summed E-state index contributed by atoms with van der Waals surface area (Å²) in [6, 6.07) is 7.04. The van der Waals surface area contributed by atoms with Gasteiger partial charge in [-0.1, -0.05) is 17.7 Å². The zero-order chi connectivity index (χ0) is 15.1. The van der Waals surface area contributed by atoms with Gasteiger partial charge in [-0.2, -0.15) is 0 Å². The second-order valence-corrected chi connectivity index (χ2v) is 5.61. The summed E-state index contributed by atoms with van der Waals surface area (Å²) >= 11 is 0. The van der Waals surface area contributed by atoms with Gasteiger partial charge in [0.25, 0.3) is 0 Å². The molecule has 0 spiro atoms. The Morgan fingerprint density at radius 2 is 1.90 bits per heavy atom. The third kappa shape index (κ3) is 5.36. The van der Waals surface area contributed by atoms with E-state index in [4.69, 9.17) is 0 Å². The molecule has 0 saturated carbocycles. The van der Waals surface area contributed by atoms with E-state index in [1.807, 2.05) is 19.1 Å². The van der Waals surface area contributed by atoms with Gasteiger partial charge in [-0.15, -0.1) is 0 Å². The smallest absolute Gasteiger partial charge is 0.313 e. The van der Waals surface area contributed by atoms with Gasteiger partial charge in [-0.05, 0) is 19.1 Å². The van der Waals surface area contributed by atoms with Crippen molar-refractivity contribution >= 4 is 22.6 Å². The summed E-state index contributed by atoms with van der Waals surface area (Å²) in [6.07, 6.45) is 0.459. The Bertz CT molecular complexity index is 545. The minimum absolute atomic E-state index is 0.171. The fraction of sp³-hybridized carbons (Fsp3) is 0.286. The molecule has 1 atom stereocenters. The molecule has 0 amide bonds. The summed E-state index contributed by atoms with van der Waals surface area (Å²) in [5, 5.41) is 9.59. The number of allylic oxidation sites excluding steroid dienone is 1. The molecule has 0 bridgehead atoms. The Hall–Kier alpha value is -1.95. The topological polar surface area (TPSA) is 80.7 Å². The summed E-state index contributed by atoms with van der Waals surface area (Å²) in [5.74, 6) is -1.76. The van der Waals surface area contributed by atoms with Crippen molar-refractivity contribution in [2.24, 2.45) is 0 Å². The van der Waals surface area contributed by atoms with Crippen LogP contribution in [0.5, 0.6) is 0 Å². The molecule has 0 heterocycles. The van der Waals surface area contributed by atoms with Gasteiger partial charge < -0.3 is 9.84 Å². The van der Waals surface area contributed by atoms with Crippen molar-refractivity contribution in [3.8, 4) is 0 Å². The number of carbonyl (C=O) groups excluding carboxylic acids is 2. The molecule has 108 valence electrons. The maximum Gasteiger partial charge on any atom is 0.313 e. The first-order chi connectivity index (χ1) is 9.42. The van der Waals surface area contributed by atoms with Crippen molar-refractivity contribution in [2.45, 2.75) is 18.2 Å². The highest BCUT2D eigenvalue weighted by atomic mass is 32.2. The number of esters is 1. The molecule has 1 rings (SSSR count). The Balaban J connectivity index is 2.63. The summed E-state index contributed by atoms with van der Waals surface area (Å²) in [5.41, 5.74) is 1.04. The zero-order valence-electron chi connectivity index (χ0n) is 11.3. The third-order valence-electron chi connectivity index (χ3n) is 2.44. The summed E-state index contributed by atoms with van der Waals surface area (Å²) in [4.78, 5) is 22.8. The standard InChI is InChI=1S/C14H16O5S/c1-10-3-5-13(6-4-10)20(18)9-12(16)7-11(15)8-14(17)19-2/h3-7,16H,8-9H2,1-2H3/b12-7-/t20-/m0/s1. The highest BCUT2D eigenvalue weighted by molar-refractivity contribution is 7.85. The molecule has 1 N–H and O–H groups in total. The number of hydrogen-bond donors (Lipinski definition) is 1. The lowest BCUT2D eigenvalue weighted by Gasteiger charge is -2.02. The fourth-order valence-electron chi connectivity index (χ4n) is 1.40. The quantitative estimate of drug-likeness (QED) is 0.374. The zero-order valence-corrected chi connectivity index (χ0v) is 12.1. The van der Waals surface area contributed by atoms with Crippen LogP contribution >= 0.6 is 0 Å². The van der Waals surface area contributed by atoms with Crippen LogP contribution in [0.15, 0.2) is 41.0 Å². The Morgan fingerprint density at radius 3 is 2.45 bits per heavy atom. The molecule has 20 heavy (non-hydrogen) atoms. The van der Waals surface area contributed by atoms with Gasteiger partial charge in [-0.25, -0.2) is 0 Å². The molecule has 0 aliphatic rings. The average Bonchev–Trinajstić information content (AvgIpc) is 2.38. The molecular formula is C14H16O5S. The summed E-state index contributed by atoms with van der Waals surface area (Å²) in [6.45, 7) is 1.91. The molecule has 6 heteroatoms. The van der Waals surface area contributed by atoms with Crippen LogP contribution in [0.25, 0.3) is 0 Å². The third-order valence-corrected chi connectivity index (χ3v) is 3.79. The van der Waals surface area contributed by atoms with Gasteiger partial charge in [0, 0.05) is 11.0 Å². The Kier molecular flexibility index (Phi) is 6.11. The number of rotatable bonds is 6. The highest BCUT2D eigenvalue weighted by Gasteiger charge is 2.11. The van der Waals surface area contributed by atoms with Gasteiger partial charge in [0.1, 0.15) is 12.2 Å². The van der Waals surface area contributed by atoms with Crippen LogP contribution in [0.2, 0.25) is 0 Å². The van der Waals surface area contributed by atoms with Crippen molar-refractivity contribution < 1.29 is 23.6 Å². The normalized spacial score (nSPS) is 12.8. The maximum absolute atomic E-state index is 11.9. The summed E-state index contributed by atoms with van der Waals surface area (Å²) in [7, 11) is -0.267. The molecule has 0 radical (unpaired) electrons. The predicted octanol–water partition coefficient (Wildman–Crippen LogP) is 1.68. The monoisotopic (exact) mass is 296 g/mol. The van der Waals surface area contributed by atoms with E-state index in [0.717, 1.165) is 11.6 Å². The van der Waals surface area contributed by atoms with Crippen LogP contribution in [0, 0.1) is 6.92 Å². The maximum atomic E-state index is 11.9. The van der Waals surface area contributed by atoms with Crippen molar-refractivity contribution in [3.63, 3.8) is 0 Å². The SMILES string of the molecule is COC(=O)CC(=O)/C=C(\O)C[S@](=O)c1ccc(C)cc1. The number of aliphatic hydroxyl groups excluding tert-OH is 1. The molecule has 0 aliphatic carbocycles. The van der Waals surface area contributed by atoms with Crippen molar-refractivity contribution in [3.05, 3.63) is 41.7 Å². The molecule has 1 aromatic carbocycles. The predicted molar refractivity (Wildman–Crippen MR) is 74.8 cm³/mol. The van der Waals surface area contributed by atoms with E-state index in [2.05, 4.69) is 4.74 Å². The second kappa shape index (κ2) is 7.59. The van der Waals surface area contributed by atoms with Crippen LogP contribution in [-0.2, 0) is 25.1 Å². The lowest BCUT2D eigenvalue weighted by molar-refractivity contribution is -0.142. The number of ketones is 1. The van der Waals surface area contributed by atoms with Gasteiger partial charge >= 0.3 is 5.97 Å². The van der Waals surface area contributed by atoms with Gasteiger partial charge in [0.15, 0.2) is 5.78 Å². The number of carbonyl (C=O) groups is 2. The van der Waals surface area contributed by atoms with E-state index >= 15 is 0 Å². The van der Waals surface area contributed by atoms with Gasteiger partial charge in [0.2, 0.25) is 0 Å². The number of benzene rings is 1. The Labute approximate surface area is 119 Å². The van der Waals surface area contributed by atoms with Crippen molar-refractivity contribution in [2.75, 3.05) is 12.9 Å². The first-order valence-electron chi connectivity index (χ1n) is 5.86. The van der Waals surface area contributed by atoms with Crippen LogP contribution in [0.4, 0.5) is 0 Å². The van der Waals surface area contributed by atoms with Gasteiger partial charge in [0.05, 0.1) is 23.7 Å². The van der Waals surface area contributed by atoms with E-state index in [1.54, 1.807) is 12.1 Å². The van der Waals surface area contributed by atoms with Crippen LogP contribution in [-0.4, -0.2) is 33.9 Å². The first kappa shape index (κ1) is 16.1. The largest absolute Gasteiger partial charge is 0.511 e. The molecule has 0 aliphatic heterocycles. The van der Waals surface area contributed by atoms with Crippen LogP contribution in [0.3, 0.4) is 0 Å². The molecule has 0 saturated heterocycles. The minimum Gasteiger partial charge on any atom is -0.511 e. The highest BCUT2D eigenvalue weighted by Crippen LogP contribution is 2.10. The Morgan fingerprint density at radius 1 is 1.30 bits per heavy atom. The molecule has 1 aromatic rings. The molecule has 0 aromatic heterocycles. The van der Waals surface area contributed by atoms with Crippen LogP contribution < -0.4 is 0 Å². The molecule has 5 nitrogen and oxygen atoms in total. The fourth-order valence-corrected chi connectivity index (χ4v) is 2.36. The number of methoxy groups -OCH3 is 1. The molecular weight excluding hydrogens is 280 g/mol. The van der Waals surface area contributed by atoms with Crippen LogP contribution in [0.1, 0.15) is 12.0 Å². The van der Waals surface area contributed by atoms with Crippen molar-refractivity contribution in [1.29, 1.82) is 0 Å². The lowest BCUT2D eigenvalue weighted by atomic mass is 10.2. The molecule has 0 fully saturated rings. The summed E-state index contributed by atoms with van der Waals surface area (Å²) < 4.78 is 16.3. The average molecular weight is 296 g/mol. The number of hydrogen-bond acceptors (Lipinski definition) is 5.